The average molecular weight is 370 g/mol. The second-order valence-corrected chi connectivity index (χ2v) is 6.89. The maximum Gasteiger partial charge on any atom is 0.221 e. The molecular formula is C21H26N2O4. The summed E-state index contributed by atoms with van der Waals surface area (Å²) in [6, 6.07) is 11.1. The van der Waals surface area contributed by atoms with Gasteiger partial charge in [0.1, 0.15) is 17.2 Å². The molecule has 6 nitrogen and oxygen atoms in total. The minimum atomic E-state index is -0.251. The maximum absolute atomic E-state index is 11.5. The Morgan fingerprint density at radius 3 is 2.74 bits per heavy atom. The van der Waals surface area contributed by atoms with Crippen LogP contribution in [-0.4, -0.2) is 43.2 Å². The molecule has 3 rings (SSSR count). The molecule has 1 amide bonds. The van der Waals surface area contributed by atoms with Gasteiger partial charge >= 0.3 is 0 Å². The van der Waals surface area contributed by atoms with Crippen LogP contribution in [-0.2, 0) is 11.3 Å². The summed E-state index contributed by atoms with van der Waals surface area (Å²) in [6.07, 6.45) is 1.76. The molecule has 0 aromatic heterocycles. The summed E-state index contributed by atoms with van der Waals surface area (Å²) in [4.78, 5) is 13.7. The van der Waals surface area contributed by atoms with Gasteiger partial charge in [0.25, 0.3) is 0 Å². The molecule has 0 aliphatic carbocycles. The predicted octanol–water partition coefficient (Wildman–Crippen LogP) is 2.77. The summed E-state index contributed by atoms with van der Waals surface area (Å²) < 4.78 is 10.8. The molecule has 1 fully saturated rings. The lowest BCUT2D eigenvalue weighted by molar-refractivity contribution is -0.123. The Balaban J connectivity index is 1.88. The van der Waals surface area contributed by atoms with Gasteiger partial charge < -0.3 is 20.3 Å². The van der Waals surface area contributed by atoms with Crippen LogP contribution in [0, 0.1) is 5.92 Å². The first-order valence-corrected chi connectivity index (χ1v) is 9.07. The molecule has 1 heterocycles. The molecule has 144 valence electrons. The number of primary amides is 1. The lowest BCUT2D eigenvalue weighted by Gasteiger charge is -2.31. The molecule has 1 aliphatic heterocycles. The smallest absolute Gasteiger partial charge is 0.221 e. The van der Waals surface area contributed by atoms with Crippen LogP contribution in [0.5, 0.6) is 17.2 Å². The molecule has 1 atom stereocenters. The number of carbonyl (C=O) groups is 1. The molecular weight excluding hydrogens is 344 g/mol. The highest BCUT2D eigenvalue weighted by molar-refractivity contribution is 5.77. The predicted molar refractivity (Wildman–Crippen MR) is 104 cm³/mol. The van der Waals surface area contributed by atoms with E-state index in [1.807, 2.05) is 30.3 Å². The van der Waals surface area contributed by atoms with E-state index in [0.29, 0.717) is 13.1 Å². The number of amides is 1. The van der Waals surface area contributed by atoms with Crippen molar-refractivity contribution in [2.45, 2.75) is 19.4 Å². The largest absolute Gasteiger partial charge is 0.508 e. The minimum absolute atomic E-state index is 0.123. The van der Waals surface area contributed by atoms with E-state index >= 15 is 0 Å². The fourth-order valence-electron chi connectivity index (χ4n) is 3.59. The van der Waals surface area contributed by atoms with Crippen molar-refractivity contribution < 1.29 is 19.4 Å². The van der Waals surface area contributed by atoms with Gasteiger partial charge in [-0.05, 0) is 55.3 Å². The quantitative estimate of drug-likeness (QED) is 0.817. The molecule has 0 unspecified atom stereocenters. The molecule has 0 radical (unpaired) electrons. The fourth-order valence-corrected chi connectivity index (χ4v) is 3.59. The van der Waals surface area contributed by atoms with Gasteiger partial charge in [-0.15, -0.1) is 0 Å². The number of phenolic OH excluding ortho intramolecular Hbond substituents is 1. The van der Waals surface area contributed by atoms with Gasteiger partial charge in [0.05, 0.1) is 20.1 Å². The van der Waals surface area contributed by atoms with E-state index in [2.05, 4.69) is 4.90 Å². The molecule has 2 aromatic rings. The van der Waals surface area contributed by atoms with Gasteiger partial charge in [-0.3, -0.25) is 9.69 Å². The molecule has 1 aliphatic rings. The number of hydrogen-bond donors (Lipinski definition) is 2. The molecule has 6 heteroatoms. The van der Waals surface area contributed by atoms with Crippen LogP contribution < -0.4 is 15.2 Å². The summed E-state index contributed by atoms with van der Waals surface area (Å²) in [5, 5.41) is 10.3. The first kappa shape index (κ1) is 19.0. The molecule has 3 N–H and O–H groups in total. The summed E-state index contributed by atoms with van der Waals surface area (Å²) in [5.74, 6) is 1.34. The van der Waals surface area contributed by atoms with Gasteiger partial charge in [-0.25, -0.2) is 0 Å². The van der Waals surface area contributed by atoms with Crippen molar-refractivity contribution in [1.82, 2.24) is 4.90 Å². The fraction of sp³-hybridized carbons (Fsp3) is 0.381. The van der Waals surface area contributed by atoms with Crippen LogP contribution >= 0.6 is 0 Å². The zero-order chi connectivity index (χ0) is 19.4. The van der Waals surface area contributed by atoms with E-state index in [9.17, 15) is 9.90 Å². The number of nitrogens with zero attached hydrogens (tertiary/aromatic N) is 1. The van der Waals surface area contributed by atoms with Gasteiger partial charge in [0.2, 0.25) is 5.91 Å². The third-order valence-corrected chi connectivity index (χ3v) is 5.10. The Morgan fingerprint density at radius 1 is 1.22 bits per heavy atom. The molecule has 2 aromatic carbocycles. The van der Waals surface area contributed by atoms with Crippen LogP contribution in [0.2, 0.25) is 0 Å². The van der Waals surface area contributed by atoms with Crippen molar-refractivity contribution in [3.8, 4) is 28.4 Å². The van der Waals surface area contributed by atoms with Gasteiger partial charge in [0, 0.05) is 24.2 Å². The number of aromatic hydroxyl groups is 1. The number of ether oxygens (including phenoxy) is 2. The number of likely N-dealkylation sites (tertiary alicyclic amines) is 1. The molecule has 0 saturated carbocycles. The van der Waals surface area contributed by atoms with E-state index in [4.69, 9.17) is 15.2 Å². The highest BCUT2D eigenvalue weighted by atomic mass is 16.5. The zero-order valence-corrected chi connectivity index (χ0v) is 15.8. The first-order valence-electron chi connectivity index (χ1n) is 9.07. The first-order chi connectivity index (χ1) is 13.0. The summed E-state index contributed by atoms with van der Waals surface area (Å²) in [7, 11) is 3.25. The Labute approximate surface area is 159 Å². The molecule has 0 spiro atoms. The van der Waals surface area contributed by atoms with Crippen molar-refractivity contribution in [3.05, 3.63) is 42.0 Å². The van der Waals surface area contributed by atoms with Crippen LogP contribution in [0.4, 0.5) is 0 Å². The van der Waals surface area contributed by atoms with E-state index in [1.165, 1.54) is 0 Å². The normalized spacial score (nSPS) is 17.5. The maximum atomic E-state index is 11.5. The van der Waals surface area contributed by atoms with Crippen LogP contribution in [0.1, 0.15) is 18.4 Å². The van der Waals surface area contributed by atoms with Gasteiger partial charge in [-0.2, -0.15) is 0 Å². The van der Waals surface area contributed by atoms with Gasteiger partial charge in [0.15, 0.2) is 0 Å². The van der Waals surface area contributed by atoms with E-state index < -0.39 is 0 Å². The van der Waals surface area contributed by atoms with Crippen molar-refractivity contribution >= 4 is 5.91 Å². The summed E-state index contributed by atoms with van der Waals surface area (Å²) in [6.45, 7) is 2.08. The van der Waals surface area contributed by atoms with Crippen LogP contribution in [0.15, 0.2) is 36.4 Å². The molecule has 0 bridgehead atoms. The minimum Gasteiger partial charge on any atom is -0.508 e. The number of phenols is 1. The van der Waals surface area contributed by atoms with Crippen LogP contribution in [0.25, 0.3) is 11.1 Å². The number of benzene rings is 2. The third-order valence-electron chi connectivity index (χ3n) is 5.10. The summed E-state index contributed by atoms with van der Waals surface area (Å²) in [5.41, 5.74) is 8.11. The van der Waals surface area contributed by atoms with Crippen molar-refractivity contribution in [2.75, 3.05) is 27.3 Å². The number of nitrogens with two attached hydrogens (primary N) is 1. The lowest BCUT2D eigenvalue weighted by Crippen LogP contribution is -2.40. The van der Waals surface area contributed by atoms with E-state index in [0.717, 1.165) is 47.6 Å². The van der Waals surface area contributed by atoms with Crippen molar-refractivity contribution in [1.29, 1.82) is 0 Å². The number of carbonyl (C=O) groups excluding carboxylic acids is 1. The summed E-state index contributed by atoms with van der Waals surface area (Å²) >= 11 is 0. The standard InChI is InChI=1S/C21H26N2O4/c1-26-17-6-8-20(27-2)18(11-17)14-5-7-19(24)16(10-14)13-23-9-3-4-15(12-23)21(22)25/h5-8,10-11,15,24H,3-4,9,12-13H2,1-2H3,(H2,22,25)/t15-/m0/s1. The van der Waals surface area contributed by atoms with Crippen LogP contribution in [0.3, 0.4) is 0 Å². The topological polar surface area (TPSA) is 85.0 Å². The highest BCUT2D eigenvalue weighted by Crippen LogP contribution is 2.36. The Hall–Kier alpha value is -2.73. The number of methoxy groups -OCH3 is 2. The third kappa shape index (κ3) is 4.34. The number of piperidine rings is 1. The Morgan fingerprint density at radius 2 is 2.04 bits per heavy atom. The Bertz CT molecular complexity index is 822. The van der Waals surface area contributed by atoms with Gasteiger partial charge in [-0.1, -0.05) is 6.07 Å². The zero-order valence-electron chi connectivity index (χ0n) is 15.8. The molecule has 1 saturated heterocycles. The lowest BCUT2D eigenvalue weighted by atomic mass is 9.96. The highest BCUT2D eigenvalue weighted by Gasteiger charge is 2.24. The second kappa shape index (κ2) is 8.31. The Kier molecular flexibility index (Phi) is 5.86. The second-order valence-electron chi connectivity index (χ2n) is 6.89. The number of hydrogen-bond acceptors (Lipinski definition) is 5. The number of rotatable bonds is 6. The van der Waals surface area contributed by atoms with E-state index in [1.54, 1.807) is 20.3 Å². The SMILES string of the molecule is COc1ccc(OC)c(-c2ccc(O)c(CN3CCC[C@H](C(N)=O)C3)c2)c1. The monoisotopic (exact) mass is 370 g/mol. The van der Waals surface area contributed by atoms with E-state index in [-0.39, 0.29) is 17.6 Å². The average Bonchev–Trinajstić information content (AvgIpc) is 2.69. The van der Waals surface area contributed by atoms with Crippen molar-refractivity contribution in [3.63, 3.8) is 0 Å². The van der Waals surface area contributed by atoms with Crippen molar-refractivity contribution in [2.24, 2.45) is 11.7 Å². The molecule has 27 heavy (non-hydrogen) atoms.